The predicted octanol–water partition coefficient (Wildman–Crippen LogP) is 0.516. The van der Waals surface area contributed by atoms with Gasteiger partial charge in [0.2, 0.25) is 11.6 Å². The van der Waals surface area contributed by atoms with Gasteiger partial charge in [-0.1, -0.05) is 0 Å². The summed E-state index contributed by atoms with van der Waals surface area (Å²) in [5.41, 5.74) is 6.50. The average Bonchev–Trinajstić information content (AvgIpc) is 3.35. The molecule has 0 bridgehead atoms. The summed E-state index contributed by atoms with van der Waals surface area (Å²) in [6.45, 7) is 3.72. The molecule has 3 heterocycles. The van der Waals surface area contributed by atoms with Crippen LogP contribution in [0.1, 0.15) is 12.5 Å². The molecule has 0 spiro atoms. The number of primary amides is 1. The minimum atomic E-state index is -1.01. The minimum Gasteiger partial charge on any atom is -0.508 e. The fraction of sp³-hybridized carbons (Fsp3) is 0.409. The SMILES string of the molecule is CO[C@@]12[C@@H]3N[C@@H]3CN1C1=C(C(=O)C(Nc3ccc(O)cc3C)=C(C)C1=O)[C@@H]2COC(N)=O. The molecular formula is C22H24N4O6. The molecule has 168 valence electrons. The third-order valence-electron chi connectivity index (χ3n) is 6.90. The van der Waals surface area contributed by atoms with Crippen molar-refractivity contribution in [1.82, 2.24) is 10.2 Å². The standard InChI is InChI=1S/C22H24N4O6/c1-9-6-11(27)4-5-13(9)24-16-10(2)18(28)17-15(19(16)29)12(8-32-21(23)30)22(31-3)20-14(25-20)7-26(17)22/h4-6,12,14,20,24-25,27H,7-8H2,1-3H3,(H2,23,30)/t12-,14+,20+,22-/m0/s1. The molecule has 4 atom stereocenters. The molecule has 10 nitrogen and oxygen atoms in total. The number of nitrogens with one attached hydrogen (secondary N) is 2. The molecule has 1 aliphatic carbocycles. The van der Waals surface area contributed by atoms with E-state index in [2.05, 4.69) is 10.6 Å². The molecular weight excluding hydrogens is 416 g/mol. The number of carbonyl (C=O) groups is 3. The number of aryl methyl sites for hydroxylation is 1. The summed E-state index contributed by atoms with van der Waals surface area (Å²) in [6, 6.07) is 4.73. The number of hydrogen-bond donors (Lipinski definition) is 4. The Morgan fingerprint density at radius 2 is 2.09 bits per heavy atom. The Morgan fingerprint density at radius 3 is 2.75 bits per heavy atom. The smallest absolute Gasteiger partial charge is 0.404 e. The number of phenolic OH excluding ortho intramolecular Hbond substituents is 1. The Labute approximate surface area is 184 Å². The number of nitrogens with two attached hydrogens (primary N) is 1. The van der Waals surface area contributed by atoms with E-state index in [1.54, 1.807) is 26.0 Å². The van der Waals surface area contributed by atoms with E-state index in [1.165, 1.54) is 13.2 Å². The number of amides is 1. The van der Waals surface area contributed by atoms with Crippen LogP contribution in [0, 0.1) is 12.8 Å². The molecule has 5 rings (SSSR count). The van der Waals surface area contributed by atoms with Gasteiger partial charge in [0.25, 0.3) is 0 Å². The second-order valence-electron chi connectivity index (χ2n) is 8.54. The number of benzene rings is 1. The topological polar surface area (TPSA) is 153 Å². The number of phenols is 1. The van der Waals surface area contributed by atoms with Gasteiger partial charge in [-0.15, -0.1) is 0 Å². The molecule has 10 heteroatoms. The number of hydrogen-bond acceptors (Lipinski definition) is 9. The van der Waals surface area contributed by atoms with Gasteiger partial charge in [-0.2, -0.15) is 0 Å². The van der Waals surface area contributed by atoms with Gasteiger partial charge in [0.15, 0.2) is 5.72 Å². The van der Waals surface area contributed by atoms with Crippen LogP contribution in [0.5, 0.6) is 5.75 Å². The first-order valence-corrected chi connectivity index (χ1v) is 10.3. The van der Waals surface area contributed by atoms with Crippen molar-refractivity contribution in [1.29, 1.82) is 0 Å². The summed E-state index contributed by atoms with van der Waals surface area (Å²) < 4.78 is 11.1. The lowest BCUT2D eigenvalue weighted by atomic mass is 9.82. The monoisotopic (exact) mass is 440 g/mol. The Balaban J connectivity index is 1.57. The van der Waals surface area contributed by atoms with Crippen LogP contribution in [0.15, 0.2) is 40.7 Å². The van der Waals surface area contributed by atoms with E-state index in [4.69, 9.17) is 15.2 Å². The second-order valence-corrected chi connectivity index (χ2v) is 8.54. The molecule has 1 amide bonds. The summed E-state index contributed by atoms with van der Waals surface area (Å²) in [6.07, 6.45) is -0.963. The highest BCUT2D eigenvalue weighted by molar-refractivity contribution is 6.26. The normalized spacial score (nSPS) is 30.3. The van der Waals surface area contributed by atoms with Crippen LogP contribution in [0.4, 0.5) is 10.5 Å². The number of carbonyl (C=O) groups excluding carboxylic acids is 3. The summed E-state index contributed by atoms with van der Waals surface area (Å²) in [4.78, 5) is 40.5. The molecule has 0 radical (unpaired) electrons. The van der Waals surface area contributed by atoms with E-state index >= 15 is 0 Å². The Hall–Kier alpha value is -3.37. The van der Waals surface area contributed by atoms with Crippen molar-refractivity contribution in [2.45, 2.75) is 31.7 Å². The van der Waals surface area contributed by atoms with Gasteiger partial charge in [0.05, 0.1) is 23.4 Å². The van der Waals surface area contributed by atoms with Crippen LogP contribution in [0.3, 0.4) is 0 Å². The molecule has 5 N–H and O–H groups in total. The van der Waals surface area contributed by atoms with Gasteiger partial charge in [0, 0.05) is 36.5 Å². The van der Waals surface area contributed by atoms with Crippen LogP contribution < -0.4 is 16.4 Å². The lowest BCUT2D eigenvalue weighted by molar-refractivity contribution is -0.137. The molecule has 1 aromatic rings. The number of ketones is 2. The number of nitrogens with zero attached hydrogens (tertiary/aromatic N) is 1. The van der Waals surface area contributed by atoms with Gasteiger partial charge in [-0.25, -0.2) is 4.79 Å². The van der Waals surface area contributed by atoms with E-state index in [1.807, 2.05) is 4.90 Å². The van der Waals surface area contributed by atoms with Crippen LogP contribution >= 0.6 is 0 Å². The van der Waals surface area contributed by atoms with Crippen LogP contribution in [0.2, 0.25) is 0 Å². The first-order chi connectivity index (χ1) is 15.2. The Bertz CT molecular complexity index is 1140. The van der Waals surface area contributed by atoms with E-state index in [-0.39, 0.29) is 52.8 Å². The molecule has 2 fully saturated rings. The van der Waals surface area contributed by atoms with Gasteiger partial charge < -0.3 is 35.8 Å². The third-order valence-corrected chi connectivity index (χ3v) is 6.90. The van der Waals surface area contributed by atoms with Crippen LogP contribution in [-0.2, 0) is 19.1 Å². The van der Waals surface area contributed by atoms with Crippen LogP contribution in [-0.4, -0.2) is 65.7 Å². The van der Waals surface area contributed by atoms with E-state index in [0.717, 1.165) is 0 Å². The number of rotatable bonds is 5. The maximum Gasteiger partial charge on any atom is 0.404 e. The largest absolute Gasteiger partial charge is 0.508 e. The van der Waals surface area contributed by atoms with Crippen molar-refractivity contribution in [3.05, 3.63) is 46.3 Å². The van der Waals surface area contributed by atoms with Crippen molar-refractivity contribution in [3.63, 3.8) is 0 Å². The number of Topliss-reactive ketones (excluding diaryl/α,β-unsaturated/α-hetero) is 2. The van der Waals surface area contributed by atoms with E-state index in [0.29, 0.717) is 23.5 Å². The van der Waals surface area contributed by atoms with E-state index < -0.39 is 17.7 Å². The number of methoxy groups -OCH3 is 1. The Morgan fingerprint density at radius 1 is 1.34 bits per heavy atom. The number of allylic oxidation sites excluding steroid dienone is 2. The van der Waals surface area contributed by atoms with Crippen molar-refractivity contribution in [2.24, 2.45) is 11.7 Å². The van der Waals surface area contributed by atoms with Gasteiger partial charge in [-0.3, -0.25) is 9.59 Å². The Kier molecular flexibility index (Phi) is 4.37. The number of fused-ring (bicyclic) bond motifs is 4. The minimum absolute atomic E-state index is 0.100. The molecule has 3 aliphatic heterocycles. The zero-order valence-electron chi connectivity index (χ0n) is 17.9. The lowest BCUT2D eigenvalue weighted by Crippen LogP contribution is -2.55. The quantitative estimate of drug-likeness (QED) is 0.291. The summed E-state index contributed by atoms with van der Waals surface area (Å²) in [5.74, 6) is -1.22. The molecule has 1 aromatic carbocycles. The van der Waals surface area contributed by atoms with Crippen molar-refractivity contribution in [3.8, 4) is 5.75 Å². The van der Waals surface area contributed by atoms with E-state index in [9.17, 15) is 19.5 Å². The van der Waals surface area contributed by atoms with Gasteiger partial charge in [0.1, 0.15) is 12.4 Å². The highest BCUT2D eigenvalue weighted by Gasteiger charge is 2.72. The maximum absolute atomic E-state index is 13.8. The fourth-order valence-electron chi connectivity index (χ4n) is 5.36. The maximum atomic E-state index is 13.8. The molecule has 4 aliphatic rings. The molecule has 0 unspecified atom stereocenters. The first-order valence-electron chi connectivity index (χ1n) is 10.3. The first kappa shape index (κ1) is 20.5. The molecule has 2 saturated heterocycles. The zero-order valence-corrected chi connectivity index (χ0v) is 17.9. The highest BCUT2D eigenvalue weighted by Crippen LogP contribution is 2.55. The number of anilines is 1. The molecule has 0 aromatic heterocycles. The molecule has 0 saturated carbocycles. The predicted molar refractivity (Wildman–Crippen MR) is 112 cm³/mol. The van der Waals surface area contributed by atoms with Gasteiger partial charge >= 0.3 is 6.09 Å². The number of ether oxygens (including phenoxy) is 2. The highest BCUT2D eigenvalue weighted by atomic mass is 16.6. The van der Waals surface area contributed by atoms with Crippen LogP contribution in [0.25, 0.3) is 0 Å². The zero-order chi connectivity index (χ0) is 22.9. The number of piperazine rings is 1. The second kappa shape index (κ2) is 6.81. The summed E-state index contributed by atoms with van der Waals surface area (Å²) >= 11 is 0. The summed E-state index contributed by atoms with van der Waals surface area (Å²) in [7, 11) is 1.53. The van der Waals surface area contributed by atoms with Crippen molar-refractivity contribution >= 4 is 23.3 Å². The number of aromatic hydroxyl groups is 1. The summed E-state index contributed by atoms with van der Waals surface area (Å²) in [5, 5.41) is 16.1. The van der Waals surface area contributed by atoms with Crippen molar-refractivity contribution < 1.29 is 29.0 Å². The average molecular weight is 440 g/mol. The fourth-order valence-corrected chi connectivity index (χ4v) is 5.36. The third kappa shape index (κ3) is 2.63. The molecule has 32 heavy (non-hydrogen) atoms. The van der Waals surface area contributed by atoms with Crippen molar-refractivity contribution in [2.75, 3.05) is 25.6 Å². The van der Waals surface area contributed by atoms with Gasteiger partial charge in [-0.05, 0) is 37.6 Å². The lowest BCUT2D eigenvalue weighted by Gasteiger charge is -2.39.